The van der Waals surface area contributed by atoms with Crippen LogP contribution in [0.15, 0.2) is 29.8 Å². The molecule has 1 heterocycles. The van der Waals surface area contributed by atoms with Gasteiger partial charge >= 0.3 is 11.9 Å². The van der Waals surface area contributed by atoms with Gasteiger partial charge in [0, 0.05) is 17.7 Å². The van der Waals surface area contributed by atoms with Gasteiger partial charge in [-0.2, -0.15) is 0 Å². The lowest BCUT2D eigenvalue weighted by Crippen LogP contribution is -2.21. The molecule has 1 aliphatic heterocycles. The van der Waals surface area contributed by atoms with Gasteiger partial charge in [0.1, 0.15) is 5.57 Å². The monoisotopic (exact) mass is 379 g/mol. The number of methoxy groups -OCH3 is 1. The first-order valence-corrected chi connectivity index (χ1v) is 10.7. The molecule has 0 spiro atoms. The van der Waals surface area contributed by atoms with Crippen molar-refractivity contribution < 1.29 is 24.0 Å². The van der Waals surface area contributed by atoms with Crippen LogP contribution < -0.4 is 0 Å². The van der Waals surface area contributed by atoms with Crippen LogP contribution in [0.1, 0.15) is 26.3 Å². The van der Waals surface area contributed by atoms with Gasteiger partial charge in [-0.25, -0.2) is 9.59 Å². The molecular formula is C18H22NO6P. The molecule has 0 aromatic heterocycles. The number of hydrogen-bond acceptors (Lipinski definition) is 6. The van der Waals surface area contributed by atoms with Crippen molar-refractivity contribution in [2.45, 2.75) is 20.8 Å². The quantitative estimate of drug-likeness (QED) is 0.326. The van der Waals surface area contributed by atoms with E-state index in [1.54, 1.807) is 0 Å². The maximum atomic E-state index is 12.7. The summed E-state index contributed by atoms with van der Waals surface area (Å²) in [6.07, 6.45) is 2.33. The van der Waals surface area contributed by atoms with Gasteiger partial charge in [0.2, 0.25) is 0 Å². The predicted octanol–water partition coefficient (Wildman–Crippen LogP) is 3.29. The molecule has 0 N–H and O–H groups in total. The Morgan fingerprint density at radius 2 is 1.69 bits per heavy atom. The topological polar surface area (TPSA) is 95.7 Å². The van der Waals surface area contributed by atoms with Crippen LogP contribution in [0.25, 0.3) is 5.76 Å². The Morgan fingerprint density at radius 1 is 1.15 bits per heavy atom. The molecular weight excluding hydrogens is 357 g/mol. The number of nitro groups is 1. The minimum Gasteiger partial charge on any atom is -0.465 e. The Labute approximate surface area is 152 Å². The lowest BCUT2D eigenvalue weighted by molar-refractivity contribution is -0.384. The highest BCUT2D eigenvalue weighted by Crippen LogP contribution is 2.52. The highest BCUT2D eigenvalue weighted by molar-refractivity contribution is 7.78. The summed E-state index contributed by atoms with van der Waals surface area (Å²) in [6, 6.07) is 5.56. The van der Waals surface area contributed by atoms with Gasteiger partial charge in [0.25, 0.3) is 5.69 Å². The summed E-state index contributed by atoms with van der Waals surface area (Å²) in [5, 5.41) is 11.3. The van der Waals surface area contributed by atoms with Crippen LogP contribution in [-0.4, -0.2) is 47.8 Å². The molecule has 0 saturated heterocycles. The van der Waals surface area contributed by atoms with Gasteiger partial charge in [0.15, 0.2) is 5.76 Å². The molecule has 0 aliphatic carbocycles. The van der Waals surface area contributed by atoms with Crippen LogP contribution in [0.3, 0.4) is 0 Å². The number of cyclic esters (lactones) is 1. The standard InChI is InChI=1S/C18H22NO6P/c1-5-26(6-2,7-3)16-14(17(20)24-4)15(25-18(16)21)12-8-10-13(11-9-12)19(22)23/h8-11H,5-7H2,1-4H3. The fraction of sp³-hybridized carbons (Fsp3) is 0.389. The molecule has 0 unspecified atom stereocenters. The number of non-ortho nitro benzene ring substituents is 1. The van der Waals surface area contributed by atoms with Crippen LogP contribution >= 0.6 is 6.89 Å². The second kappa shape index (κ2) is 7.87. The number of rotatable bonds is 6. The van der Waals surface area contributed by atoms with Gasteiger partial charge in [-0.3, -0.25) is 10.1 Å². The van der Waals surface area contributed by atoms with Crippen LogP contribution in [0.5, 0.6) is 0 Å². The molecule has 8 heteroatoms. The average molecular weight is 379 g/mol. The number of nitro benzene ring substituents is 1. The average Bonchev–Trinajstić information content (AvgIpc) is 3.01. The van der Waals surface area contributed by atoms with Crippen LogP contribution in [0, 0.1) is 10.1 Å². The zero-order valence-electron chi connectivity index (χ0n) is 15.3. The van der Waals surface area contributed by atoms with E-state index in [9.17, 15) is 19.7 Å². The second-order valence-electron chi connectivity index (χ2n) is 5.83. The largest absolute Gasteiger partial charge is 0.465 e. The minimum absolute atomic E-state index is 0.0833. The van der Waals surface area contributed by atoms with E-state index >= 15 is 0 Å². The molecule has 26 heavy (non-hydrogen) atoms. The molecule has 0 saturated carbocycles. The van der Waals surface area contributed by atoms with Crippen molar-refractivity contribution in [3.8, 4) is 0 Å². The lowest BCUT2D eigenvalue weighted by atomic mass is 10.1. The smallest absolute Gasteiger partial charge is 0.344 e. The van der Waals surface area contributed by atoms with Gasteiger partial charge in [-0.1, -0.05) is 27.7 Å². The van der Waals surface area contributed by atoms with E-state index in [-0.39, 0.29) is 17.0 Å². The molecule has 140 valence electrons. The maximum Gasteiger partial charge on any atom is 0.344 e. The zero-order valence-corrected chi connectivity index (χ0v) is 16.2. The van der Waals surface area contributed by atoms with E-state index in [0.29, 0.717) is 10.9 Å². The Morgan fingerprint density at radius 3 is 2.12 bits per heavy atom. The summed E-state index contributed by atoms with van der Waals surface area (Å²) in [5.41, 5.74) is 0.506. The van der Waals surface area contributed by atoms with Crippen molar-refractivity contribution in [1.29, 1.82) is 0 Å². The lowest BCUT2D eigenvalue weighted by Gasteiger charge is -2.24. The van der Waals surface area contributed by atoms with Crippen LogP contribution in [0.4, 0.5) is 5.69 Å². The van der Waals surface area contributed by atoms with Gasteiger partial charge < -0.3 is 9.47 Å². The molecule has 0 bridgehead atoms. The van der Waals surface area contributed by atoms with Crippen molar-refractivity contribution >= 4 is 35.6 Å². The van der Waals surface area contributed by atoms with E-state index in [2.05, 4.69) is 0 Å². The molecule has 0 radical (unpaired) electrons. The van der Waals surface area contributed by atoms with Crippen molar-refractivity contribution in [1.82, 2.24) is 0 Å². The van der Waals surface area contributed by atoms with Crippen LogP contribution in [-0.2, 0) is 19.1 Å². The summed E-state index contributed by atoms with van der Waals surface area (Å²) in [4.78, 5) is 35.5. The number of benzene rings is 1. The Kier molecular flexibility index (Phi) is 6.03. The van der Waals surface area contributed by atoms with Crippen LogP contribution in [0.2, 0.25) is 0 Å². The summed E-state index contributed by atoms with van der Waals surface area (Å²) < 4.78 is 10.4. The first-order valence-electron chi connectivity index (χ1n) is 8.38. The van der Waals surface area contributed by atoms with Crippen molar-refractivity contribution in [3.05, 3.63) is 45.5 Å². The first-order chi connectivity index (χ1) is 12.3. The first kappa shape index (κ1) is 19.9. The highest BCUT2D eigenvalue weighted by Gasteiger charge is 2.40. The molecule has 0 fully saturated rings. The van der Waals surface area contributed by atoms with Crippen molar-refractivity contribution in [3.63, 3.8) is 0 Å². The molecule has 1 aromatic carbocycles. The third kappa shape index (κ3) is 3.31. The zero-order chi connectivity index (χ0) is 19.5. The molecule has 1 aromatic rings. The third-order valence-corrected chi connectivity index (χ3v) is 9.86. The van der Waals surface area contributed by atoms with Gasteiger partial charge in [-0.15, -0.1) is 0 Å². The second-order valence-corrected chi connectivity index (χ2v) is 10.5. The minimum atomic E-state index is -1.87. The normalized spacial score (nSPS) is 14.5. The number of esters is 2. The fourth-order valence-electron chi connectivity index (χ4n) is 3.21. The van der Waals surface area contributed by atoms with Crippen molar-refractivity contribution in [2.24, 2.45) is 0 Å². The summed E-state index contributed by atoms with van der Waals surface area (Å²) in [5.74, 6) is -1.02. The van der Waals surface area contributed by atoms with Gasteiger partial charge in [-0.05, 0) is 30.6 Å². The SMILES string of the molecule is CCP(CC)(CC)=C1C(=O)OC(c2ccc([N+](=O)[O-])cc2)=C1C(=O)OC. The fourth-order valence-corrected chi connectivity index (χ4v) is 6.60. The van der Waals surface area contributed by atoms with E-state index < -0.39 is 23.7 Å². The molecule has 1 aliphatic rings. The number of carbonyl (C=O) groups excluding carboxylic acids is 2. The molecule has 0 amide bonds. The number of carbonyl (C=O) groups is 2. The third-order valence-electron chi connectivity index (χ3n) is 4.87. The number of ether oxygens (including phenoxy) is 2. The number of nitrogens with zero attached hydrogens (tertiary/aromatic N) is 1. The Hall–Kier alpha value is -2.40. The molecule has 2 rings (SSSR count). The summed E-state index contributed by atoms with van der Waals surface area (Å²) >= 11 is 0. The summed E-state index contributed by atoms with van der Waals surface area (Å²) in [6.45, 7) is 4.17. The van der Waals surface area contributed by atoms with Crippen molar-refractivity contribution in [2.75, 3.05) is 25.6 Å². The Bertz CT molecular complexity index is 819. The number of hydrogen-bond donors (Lipinski definition) is 0. The van der Waals surface area contributed by atoms with E-state index in [0.717, 1.165) is 18.5 Å². The maximum absolute atomic E-state index is 12.7. The van der Waals surface area contributed by atoms with Gasteiger partial charge in [0.05, 0.1) is 17.3 Å². The molecule has 0 atom stereocenters. The van der Waals surface area contributed by atoms with E-state index in [1.807, 2.05) is 20.8 Å². The molecule has 7 nitrogen and oxygen atoms in total. The predicted molar refractivity (Wildman–Crippen MR) is 102 cm³/mol. The van der Waals surface area contributed by atoms with E-state index in [1.165, 1.54) is 31.4 Å². The highest BCUT2D eigenvalue weighted by atomic mass is 31.2. The Balaban J connectivity index is 2.77. The van der Waals surface area contributed by atoms with E-state index in [4.69, 9.17) is 9.47 Å². The summed E-state index contributed by atoms with van der Waals surface area (Å²) in [7, 11) is 1.26.